The maximum atomic E-state index is 12.2. The smallest absolute Gasteiger partial charge is 0.216 e. The molecule has 3 N–H and O–H groups in total. The van der Waals surface area contributed by atoms with Gasteiger partial charge in [0.1, 0.15) is 0 Å². The number of nitrogens with zero attached hydrogens (tertiary/aromatic N) is 1. The first-order valence-corrected chi connectivity index (χ1v) is 9.73. The molecule has 0 saturated heterocycles. The van der Waals surface area contributed by atoms with Crippen molar-refractivity contribution in [1.82, 2.24) is 15.4 Å². The van der Waals surface area contributed by atoms with Gasteiger partial charge in [-0.1, -0.05) is 24.3 Å². The second kappa shape index (κ2) is 10.3. The van der Waals surface area contributed by atoms with Crippen molar-refractivity contribution in [3.8, 4) is 0 Å². The van der Waals surface area contributed by atoms with E-state index >= 15 is 0 Å². The average Bonchev–Trinajstić information content (AvgIpc) is 2.41. The summed E-state index contributed by atoms with van der Waals surface area (Å²) in [7, 11) is -1.64. The molecule has 0 heterocycles. The van der Waals surface area contributed by atoms with E-state index in [1.54, 1.807) is 7.05 Å². The number of benzene rings is 1. The summed E-state index contributed by atoms with van der Waals surface area (Å²) in [5.74, 6) is 0.648. The Labute approximate surface area is 169 Å². The minimum absolute atomic E-state index is 0. The molecule has 1 rings (SSSR count). The number of sulfonamides is 1. The van der Waals surface area contributed by atoms with Gasteiger partial charge in [-0.3, -0.25) is 4.99 Å². The van der Waals surface area contributed by atoms with Crippen molar-refractivity contribution in [1.29, 1.82) is 0 Å². The van der Waals surface area contributed by atoms with Crippen LogP contribution in [0.5, 0.6) is 0 Å². The van der Waals surface area contributed by atoms with Crippen LogP contribution in [0.3, 0.4) is 0 Å². The Bertz CT molecular complexity index is 667. The van der Waals surface area contributed by atoms with Gasteiger partial charge in [-0.25, -0.2) is 13.1 Å². The van der Waals surface area contributed by atoms with Gasteiger partial charge in [-0.05, 0) is 45.7 Å². The van der Waals surface area contributed by atoms with Crippen molar-refractivity contribution < 1.29 is 8.42 Å². The number of rotatable bonds is 6. The predicted octanol–water partition coefficient (Wildman–Crippen LogP) is 2.60. The van der Waals surface area contributed by atoms with Crippen LogP contribution in [-0.4, -0.2) is 33.0 Å². The third kappa shape index (κ3) is 10.0. The molecule has 0 atom stereocenters. The maximum absolute atomic E-state index is 12.2. The summed E-state index contributed by atoms with van der Waals surface area (Å²) >= 11 is 0. The fraction of sp³-hybridized carbons (Fsp3) is 0.588. The van der Waals surface area contributed by atoms with E-state index in [2.05, 4.69) is 41.1 Å². The van der Waals surface area contributed by atoms with Crippen LogP contribution in [0.2, 0.25) is 0 Å². The van der Waals surface area contributed by atoms with Crippen molar-refractivity contribution >= 4 is 40.0 Å². The Morgan fingerprint density at radius 1 is 1.16 bits per heavy atom. The lowest BCUT2D eigenvalue weighted by atomic mass is 10.1. The van der Waals surface area contributed by atoms with Crippen molar-refractivity contribution in [2.45, 2.75) is 58.5 Å². The third-order valence-electron chi connectivity index (χ3n) is 3.04. The number of nitrogens with one attached hydrogen (secondary N) is 3. The number of hydrogen-bond donors (Lipinski definition) is 3. The molecule has 144 valence electrons. The molecule has 0 unspecified atom stereocenters. The molecule has 0 fully saturated rings. The SMILES string of the molecule is CN=C(NCc1ccccc1CS(=O)(=O)NC(C)C)NC(C)(C)C.I. The number of guanidine groups is 1. The molecule has 1 aromatic carbocycles. The molecule has 0 saturated carbocycles. The minimum atomic E-state index is -3.35. The third-order valence-corrected chi connectivity index (χ3v) is 4.56. The summed E-state index contributed by atoms with van der Waals surface area (Å²) in [5.41, 5.74) is 1.61. The van der Waals surface area contributed by atoms with E-state index in [-0.39, 0.29) is 41.3 Å². The fourth-order valence-electron chi connectivity index (χ4n) is 2.19. The highest BCUT2D eigenvalue weighted by Crippen LogP contribution is 2.12. The second-order valence-corrected chi connectivity index (χ2v) is 8.85. The van der Waals surface area contributed by atoms with Gasteiger partial charge in [0.25, 0.3) is 0 Å². The minimum Gasteiger partial charge on any atom is -0.352 e. The first-order valence-electron chi connectivity index (χ1n) is 8.08. The van der Waals surface area contributed by atoms with Crippen LogP contribution in [0.25, 0.3) is 0 Å². The standard InChI is InChI=1S/C17H30N4O2S.HI/c1-13(2)21-24(22,23)12-15-10-8-7-9-14(15)11-19-16(18-6)20-17(3,4)5;/h7-10,13,21H,11-12H2,1-6H3,(H2,18,19,20);1H. The summed E-state index contributed by atoms with van der Waals surface area (Å²) in [6.07, 6.45) is 0. The zero-order valence-electron chi connectivity index (χ0n) is 15.9. The Morgan fingerprint density at radius 3 is 2.20 bits per heavy atom. The quantitative estimate of drug-likeness (QED) is 0.331. The molecule has 0 amide bonds. The predicted molar refractivity (Wildman–Crippen MR) is 116 cm³/mol. The molecule has 25 heavy (non-hydrogen) atoms. The van der Waals surface area contributed by atoms with Gasteiger partial charge < -0.3 is 10.6 Å². The van der Waals surface area contributed by atoms with Crippen LogP contribution in [0.15, 0.2) is 29.3 Å². The lowest BCUT2D eigenvalue weighted by Gasteiger charge is -2.24. The van der Waals surface area contributed by atoms with Crippen LogP contribution in [-0.2, 0) is 22.3 Å². The van der Waals surface area contributed by atoms with Gasteiger partial charge in [0.15, 0.2) is 5.96 Å². The van der Waals surface area contributed by atoms with Gasteiger partial charge in [0.05, 0.1) is 5.75 Å². The molecule has 0 bridgehead atoms. The maximum Gasteiger partial charge on any atom is 0.216 e. The zero-order chi connectivity index (χ0) is 18.4. The molecular weight excluding hydrogens is 451 g/mol. The summed E-state index contributed by atoms with van der Waals surface area (Å²) < 4.78 is 27.0. The molecule has 0 radical (unpaired) electrons. The summed E-state index contributed by atoms with van der Waals surface area (Å²) in [6.45, 7) is 10.3. The summed E-state index contributed by atoms with van der Waals surface area (Å²) in [4.78, 5) is 4.20. The van der Waals surface area contributed by atoms with E-state index in [1.807, 2.05) is 38.1 Å². The molecule has 0 aliphatic rings. The molecule has 8 heteroatoms. The lowest BCUT2D eigenvalue weighted by Crippen LogP contribution is -2.47. The van der Waals surface area contributed by atoms with Gasteiger partial charge >= 0.3 is 0 Å². The topological polar surface area (TPSA) is 82.6 Å². The van der Waals surface area contributed by atoms with Crippen molar-refractivity contribution in [3.63, 3.8) is 0 Å². The molecule has 1 aromatic rings. The monoisotopic (exact) mass is 482 g/mol. The molecule has 0 aliphatic carbocycles. The highest BCUT2D eigenvalue weighted by Gasteiger charge is 2.16. The molecule has 0 aromatic heterocycles. The molecular formula is C17H31IN4O2S. The van der Waals surface area contributed by atoms with Crippen LogP contribution in [0, 0.1) is 0 Å². The average molecular weight is 482 g/mol. The van der Waals surface area contributed by atoms with E-state index in [1.165, 1.54) is 0 Å². The Hall–Kier alpha value is -0.870. The van der Waals surface area contributed by atoms with Crippen molar-refractivity contribution in [2.24, 2.45) is 4.99 Å². The number of halogens is 1. The highest BCUT2D eigenvalue weighted by molar-refractivity contribution is 14.0. The fourth-order valence-corrected chi connectivity index (χ4v) is 3.68. The molecule has 6 nitrogen and oxygen atoms in total. The first kappa shape index (κ1) is 24.1. The second-order valence-electron chi connectivity index (χ2n) is 7.10. The van der Waals surface area contributed by atoms with Crippen molar-refractivity contribution in [2.75, 3.05) is 7.05 Å². The van der Waals surface area contributed by atoms with Crippen LogP contribution >= 0.6 is 24.0 Å². The highest BCUT2D eigenvalue weighted by atomic mass is 127. The Kier molecular flexibility index (Phi) is 9.96. The first-order chi connectivity index (χ1) is 11.0. The summed E-state index contributed by atoms with van der Waals surface area (Å²) in [6, 6.07) is 7.42. The van der Waals surface area contributed by atoms with Crippen LogP contribution in [0.4, 0.5) is 0 Å². The van der Waals surface area contributed by atoms with E-state index in [4.69, 9.17) is 0 Å². The van der Waals surface area contributed by atoms with Gasteiger partial charge in [-0.2, -0.15) is 0 Å². The number of aliphatic imine (C=N–C) groups is 1. The molecule has 0 spiro atoms. The largest absolute Gasteiger partial charge is 0.352 e. The number of hydrogen-bond acceptors (Lipinski definition) is 3. The van der Waals surface area contributed by atoms with Crippen molar-refractivity contribution in [3.05, 3.63) is 35.4 Å². The van der Waals surface area contributed by atoms with Crippen LogP contribution in [0.1, 0.15) is 45.7 Å². The normalized spacial score (nSPS) is 12.7. The van der Waals surface area contributed by atoms with Gasteiger partial charge in [0, 0.05) is 25.2 Å². The van der Waals surface area contributed by atoms with Crippen LogP contribution < -0.4 is 15.4 Å². The van der Waals surface area contributed by atoms with Gasteiger partial charge in [-0.15, -0.1) is 24.0 Å². The zero-order valence-corrected chi connectivity index (χ0v) is 19.0. The lowest BCUT2D eigenvalue weighted by molar-refractivity contribution is 0.501. The Balaban J connectivity index is 0.00000576. The molecule has 0 aliphatic heterocycles. The van der Waals surface area contributed by atoms with E-state index in [9.17, 15) is 8.42 Å². The van der Waals surface area contributed by atoms with E-state index in [0.29, 0.717) is 12.5 Å². The van der Waals surface area contributed by atoms with Gasteiger partial charge in [0.2, 0.25) is 10.0 Å². The van der Waals surface area contributed by atoms with E-state index < -0.39 is 10.0 Å². The summed E-state index contributed by atoms with van der Waals surface area (Å²) in [5, 5.41) is 6.51. The Morgan fingerprint density at radius 2 is 1.72 bits per heavy atom. The van der Waals surface area contributed by atoms with E-state index in [0.717, 1.165) is 11.1 Å².